The van der Waals surface area contributed by atoms with E-state index in [9.17, 15) is 4.79 Å². The zero-order valence-corrected chi connectivity index (χ0v) is 11.6. The van der Waals surface area contributed by atoms with Gasteiger partial charge >= 0.3 is 5.97 Å². The third-order valence-electron chi connectivity index (χ3n) is 2.08. The van der Waals surface area contributed by atoms with Gasteiger partial charge in [-0.05, 0) is 13.2 Å². The zero-order chi connectivity index (χ0) is 13.4. The second-order valence-corrected chi connectivity index (χ2v) is 4.13. The smallest absolute Gasteiger partial charge is 0.307 e. The van der Waals surface area contributed by atoms with Crippen molar-refractivity contribution in [2.24, 2.45) is 0 Å². The maximum Gasteiger partial charge on any atom is 0.307 e. The average molecular weight is 270 g/mol. The van der Waals surface area contributed by atoms with Gasteiger partial charge in [0, 0.05) is 19.7 Å². The van der Waals surface area contributed by atoms with Crippen LogP contribution in [-0.2, 0) is 9.53 Å². The summed E-state index contributed by atoms with van der Waals surface area (Å²) in [6.45, 7) is 2.69. The van der Waals surface area contributed by atoms with Crippen molar-refractivity contribution in [2.45, 2.75) is 18.5 Å². The molecule has 0 fully saturated rings. The van der Waals surface area contributed by atoms with Crippen LogP contribution in [0.15, 0.2) is 11.2 Å². The van der Waals surface area contributed by atoms with E-state index in [2.05, 4.69) is 20.6 Å². The summed E-state index contributed by atoms with van der Waals surface area (Å²) in [5.74, 6) is 1.23. The van der Waals surface area contributed by atoms with Gasteiger partial charge in [-0.25, -0.2) is 9.97 Å². The number of hydrogen-bond donors (Lipinski definition) is 2. The van der Waals surface area contributed by atoms with Crippen LogP contribution in [0.1, 0.15) is 13.3 Å². The van der Waals surface area contributed by atoms with Crippen molar-refractivity contribution in [2.75, 3.05) is 37.1 Å². The highest BCUT2D eigenvalue weighted by molar-refractivity contribution is 7.98. The van der Waals surface area contributed by atoms with Crippen LogP contribution in [0.5, 0.6) is 0 Å². The summed E-state index contributed by atoms with van der Waals surface area (Å²) in [5, 5.41) is 6.72. The number of thioether (sulfide) groups is 1. The molecule has 0 spiro atoms. The Labute approximate surface area is 111 Å². The van der Waals surface area contributed by atoms with Gasteiger partial charge in [-0.1, -0.05) is 11.8 Å². The molecule has 7 heteroatoms. The summed E-state index contributed by atoms with van der Waals surface area (Å²) in [5.41, 5.74) is 0. The number of nitrogens with one attached hydrogen (secondary N) is 2. The standard InChI is InChI=1S/C11H18N4O2S/c1-4-17-10(16)5-6-13-9-7-8(12-2)14-11(15-9)18-3/h7H,4-6H2,1-3H3,(H2,12,13,14,15). The van der Waals surface area contributed by atoms with Crippen molar-refractivity contribution < 1.29 is 9.53 Å². The maximum atomic E-state index is 11.2. The number of nitrogens with zero attached hydrogens (tertiary/aromatic N) is 2. The van der Waals surface area contributed by atoms with Crippen LogP contribution in [0.2, 0.25) is 0 Å². The molecular formula is C11H18N4O2S. The molecule has 1 rings (SSSR count). The maximum absolute atomic E-state index is 11.2. The molecular weight excluding hydrogens is 252 g/mol. The Morgan fingerprint density at radius 1 is 1.44 bits per heavy atom. The number of rotatable bonds is 7. The number of carbonyl (C=O) groups is 1. The molecule has 2 N–H and O–H groups in total. The summed E-state index contributed by atoms with van der Waals surface area (Å²) < 4.78 is 4.84. The van der Waals surface area contributed by atoms with Crippen LogP contribution in [0.4, 0.5) is 11.6 Å². The predicted molar refractivity (Wildman–Crippen MR) is 73.1 cm³/mol. The minimum atomic E-state index is -0.210. The van der Waals surface area contributed by atoms with Crippen LogP contribution >= 0.6 is 11.8 Å². The van der Waals surface area contributed by atoms with E-state index in [1.165, 1.54) is 11.8 Å². The van der Waals surface area contributed by atoms with Gasteiger partial charge in [0.25, 0.3) is 0 Å². The topological polar surface area (TPSA) is 76.1 Å². The van der Waals surface area contributed by atoms with E-state index in [1.54, 1.807) is 20.0 Å². The van der Waals surface area contributed by atoms with Crippen LogP contribution in [0, 0.1) is 0 Å². The van der Waals surface area contributed by atoms with Gasteiger partial charge in [0.15, 0.2) is 5.16 Å². The minimum absolute atomic E-state index is 0.210. The lowest BCUT2D eigenvalue weighted by molar-refractivity contribution is -0.142. The van der Waals surface area contributed by atoms with Gasteiger partial charge in [0.2, 0.25) is 0 Å². The Hall–Kier alpha value is -1.50. The largest absolute Gasteiger partial charge is 0.466 e. The molecule has 0 radical (unpaired) electrons. The monoisotopic (exact) mass is 270 g/mol. The second kappa shape index (κ2) is 7.75. The predicted octanol–water partition coefficient (Wildman–Crippen LogP) is 1.61. The molecule has 0 aromatic carbocycles. The summed E-state index contributed by atoms with van der Waals surface area (Å²) in [4.78, 5) is 19.7. The molecule has 100 valence electrons. The summed E-state index contributed by atoms with van der Waals surface area (Å²) in [7, 11) is 1.80. The van der Waals surface area contributed by atoms with E-state index in [4.69, 9.17) is 4.74 Å². The highest BCUT2D eigenvalue weighted by atomic mass is 32.2. The number of esters is 1. The molecule has 0 saturated heterocycles. The first-order valence-electron chi connectivity index (χ1n) is 5.70. The van der Waals surface area contributed by atoms with Crippen molar-refractivity contribution >= 4 is 29.4 Å². The summed E-state index contributed by atoms with van der Waals surface area (Å²) in [6.07, 6.45) is 2.23. The van der Waals surface area contributed by atoms with Gasteiger partial charge in [-0.3, -0.25) is 4.79 Å². The SMILES string of the molecule is CCOC(=O)CCNc1cc(NC)nc(SC)n1. The van der Waals surface area contributed by atoms with Crippen LogP contribution in [0.25, 0.3) is 0 Å². The van der Waals surface area contributed by atoms with Crippen molar-refractivity contribution in [1.82, 2.24) is 9.97 Å². The fourth-order valence-corrected chi connectivity index (χ4v) is 1.64. The molecule has 0 unspecified atom stereocenters. The number of ether oxygens (including phenoxy) is 1. The lowest BCUT2D eigenvalue weighted by Crippen LogP contribution is -2.12. The molecule has 1 heterocycles. The molecule has 1 aromatic heterocycles. The Balaban J connectivity index is 2.53. The quantitative estimate of drug-likeness (QED) is 0.443. The average Bonchev–Trinajstić information content (AvgIpc) is 2.38. The zero-order valence-electron chi connectivity index (χ0n) is 10.8. The third-order valence-corrected chi connectivity index (χ3v) is 2.63. The van der Waals surface area contributed by atoms with Crippen molar-refractivity contribution in [3.05, 3.63) is 6.07 Å². The van der Waals surface area contributed by atoms with Gasteiger partial charge < -0.3 is 15.4 Å². The van der Waals surface area contributed by atoms with Gasteiger partial charge in [-0.2, -0.15) is 0 Å². The van der Waals surface area contributed by atoms with Crippen LogP contribution < -0.4 is 10.6 Å². The fraction of sp³-hybridized carbons (Fsp3) is 0.545. The molecule has 0 amide bonds. The third kappa shape index (κ3) is 4.79. The van der Waals surface area contributed by atoms with Crippen LogP contribution in [0.3, 0.4) is 0 Å². The second-order valence-electron chi connectivity index (χ2n) is 3.36. The van der Waals surface area contributed by atoms with E-state index >= 15 is 0 Å². The van der Waals surface area contributed by atoms with Gasteiger partial charge in [-0.15, -0.1) is 0 Å². The number of anilines is 2. The summed E-state index contributed by atoms with van der Waals surface area (Å²) in [6, 6.07) is 1.80. The Morgan fingerprint density at radius 3 is 2.78 bits per heavy atom. The van der Waals surface area contributed by atoms with Crippen molar-refractivity contribution in [3.63, 3.8) is 0 Å². The Kier molecular flexibility index (Phi) is 6.27. The first-order valence-corrected chi connectivity index (χ1v) is 6.92. The number of aromatic nitrogens is 2. The lowest BCUT2D eigenvalue weighted by Gasteiger charge is -2.08. The minimum Gasteiger partial charge on any atom is -0.466 e. The summed E-state index contributed by atoms with van der Waals surface area (Å²) >= 11 is 1.47. The Bertz CT molecular complexity index is 378. The van der Waals surface area contributed by atoms with E-state index in [0.29, 0.717) is 30.5 Å². The highest BCUT2D eigenvalue weighted by Gasteiger charge is 2.04. The Morgan fingerprint density at radius 2 is 2.17 bits per heavy atom. The lowest BCUT2D eigenvalue weighted by atomic mass is 10.4. The molecule has 0 saturated carbocycles. The molecule has 0 aliphatic carbocycles. The first kappa shape index (κ1) is 14.6. The molecule has 18 heavy (non-hydrogen) atoms. The van der Waals surface area contributed by atoms with Crippen molar-refractivity contribution in [1.29, 1.82) is 0 Å². The van der Waals surface area contributed by atoms with E-state index in [-0.39, 0.29) is 5.97 Å². The van der Waals surface area contributed by atoms with E-state index < -0.39 is 0 Å². The van der Waals surface area contributed by atoms with Gasteiger partial charge in [0.1, 0.15) is 11.6 Å². The normalized spacial score (nSPS) is 9.94. The van der Waals surface area contributed by atoms with Crippen molar-refractivity contribution in [3.8, 4) is 0 Å². The molecule has 1 aromatic rings. The molecule has 6 nitrogen and oxygen atoms in total. The molecule has 0 aliphatic rings. The first-order chi connectivity index (χ1) is 8.69. The number of carbonyl (C=O) groups excluding carboxylic acids is 1. The van der Waals surface area contributed by atoms with E-state index in [0.717, 1.165) is 5.82 Å². The molecule has 0 aliphatic heterocycles. The van der Waals surface area contributed by atoms with Crippen LogP contribution in [-0.4, -0.2) is 42.4 Å². The number of hydrogen-bond acceptors (Lipinski definition) is 7. The fourth-order valence-electron chi connectivity index (χ4n) is 1.26. The molecule has 0 bridgehead atoms. The molecule has 0 atom stereocenters. The highest BCUT2D eigenvalue weighted by Crippen LogP contribution is 2.16. The van der Waals surface area contributed by atoms with Gasteiger partial charge in [0.05, 0.1) is 13.0 Å². The van der Waals surface area contributed by atoms with E-state index in [1.807, 2.05) is 6.26 Å².